The molecule has 34 heavy (non-hydrogen) atoms. The van der Waals surface area contributed by atoms with Gasteiger partial charge in [-0.3, -0.25) is 4.79 Å². The van der Waals surface area contributed by atoms with Crippen molar-refractivity contribution in [2.24, 2.45) is 5.92 Å². The predicted molar refractivity (Wildman–Crippen MR) is 138 cm³/mol. The molecule has 3 heterocycles. The quantitative estimate of drug-likeness (QED) is 0.457. The summed E-state index contributed by atoms with van der Waals surface area (Å²) in [5.74, 6) is 0.747. The molecule has 3 aromatic rings. The Bertz CT molecular complexity index is 1290. The van der Waals surface area contributed by atoms with Crippen molar-refractivity contribution < 1.29 is 13.2 Å². The molecule has 2 N–H and O–H groups in total. The van der Waals surface area contributed by atoms with Crippen molar-refractivity contribution in [2.45, 2.75) is 32.4 Å². The number of thiophene rings is 1. The van der Waals surface area contributed by atoms with Gasteiger partial charge in [-0.25, -0.2) is 23.1 Å². The van der Waals surface area contributed by atoms with Gasteiger partial charge in [0.1, 0.15) is 17.0 Å². The van der Waals surface area contributed by atoms with Crippen molar-refractivity contribution in [1.82, 2.24) is 14.7 Å². The molecule has 0 saturated carbocycles. The Kier molecular flexibility index (Phi) is 7.30. The van der Waals surface area contributed by atoms with E-state index in [-0.39, 0.29) is 24.1 Å². The molecular weight excluding hydrogens is 470 g/mol. The number of amides is 1. The summed E-state index contributed by atoms with van der Waals surface area (Å²) in [6.45, 7) is 9.44. The summed E-state index contributed by atoms with van der Waals surface area (Å²) < 4.78 is 26.5. The van der Waals surface area contributed by atoms with E-state index in [0.717, 1.165) is 42.0 Å². The monoisotopic (exact) mass is 499 g/mol. The lowest BCUT2D eigenvalue weighted by Gasteiger charge is -2.32. The van der Waals surface area contributed by atoms with E-state index in [4.69, 9.17) is 0 Å². The summed E-state index contributed by atoms with van der Waals surface area (Å²) in [4.78, 5) is 26.3. The van der Waals surface area contributed by atoms with Crippen LogP contribution in [0.4, 0.5) is 11.5 Å². The fourth-order valence-corrected chi connectivity index (χ4v) is 6.24. The lowest BCUT2D eigenvalue weighted by molar-refractivity contribution is -0.120. The summed E-state index contributed by atoms with van der Waals surface area (Å²) in [6.07, 6.45) is 4.60. The Morgan fingerprint density at radius 3 is 2.59 bits per heavy atom. The van der Waals surface area contributed by atoms with E-state index in [9.17, 15) is 13.2 Å². The predicted octanol–water partition coefficient (Wildman–Crippen LogP) is 3.77. The Hall–Kier alpha value is -2.82. The fraction of sp³-hybridized carbons (Fsp3) is 0.375. The molecule has 1 aromatic carbocycles. The molecule has 2 aromatic heterocycles. The van der Waals surface area contributed by atoms with Gasteiger partial charge < -0.3 is 10.2 Å². The number of nitrogens with zero attached hydrogens (tertiary/aromatic N) is 3. The number of aromatic nitrogens is 2. The van der Waals surface area contributed by atoms with Crippen molar-refractivity contribution in [3.05, 3.63) is 59.3 Å². The maximum absolute atomic E-state index is 12.8. The molecule has 1 saturated heterocycles. The first-order valence-electron chi connectivity index (χ1n) is 11.2. The van der Waals surface area contributed by atoms with Crippen LogP contribution in [0, 0.1) is 19.8 Å². The molecule has 0 bridgehead atoms. The highest BCUT2D eigenvalue weighted by molar-refractivity contribution is 7.88. The van der Waals surface area contributed by atoms with Gasteiger partial charge in [-0.1, -0.05) is 18.2 Å². The first-order chi connectivity index (χ1) is 16.3. The van der Waals surface area contributed by atoms with Crippen molar-refractivity contribution >= 4 is 49.0 Å². The van der Waals surface area contributed by atoms with E-state index in [0.29, 0.717) is 11.3 Å². The fourth-order valence-electron chi connectivity index (χ4n) is 4.14. The van der Waals surface area contributed by atoms with Crippen LogP contribution < -0.4 is 14.9 Å². The summed E-state index contributed by atoms with van der Waals surface area (Å²) in [7, 11) is -3.41. The van der Waals surface area contributed by atoms with Crippen molar-refractivity contribution in [1.29, 1.82) is 0 Å². The van der Waals surface area contributed by atoms with Crippen LogP contribution in [-0.2, 0) is 20.6 Å². The molecule has 1 aliphatic heterocycles. The third-order valence-electron chi connectivity index (χ3n) is 6.14. The van der Waals surface area contributed by atoms with Crippen molar-refractivity contribution in [3.63, 3.8) is 0 Å². The molecule has 8 nitrogen and oxygen atoms in total. The van der Waals surface area contributed by atoms with Crippen LogP contribution in [0.25, 0.3) is 10.2 Å². The Balaban J connectivity index is 1.34. The maximum Gasteiger partial charge on any atom is 0.227 e. The molecule has 0 aliphatic carbocycles. The molecule has 1 aliphatic rings. The summed E-state index contributed by atoms with van der Waals surface area (Å²) in [5.41, 5.74) is 2.54. The number of sulfonamides is 1. The minimum absolute atomic E-state index is 0.0111. The van der Waals surface area contributed by atoms with Crippen LogP contribution in [0.5, 0.6) is 0 Å². The van der Waals surface area contributed by atoms with Gasteiger partial charge >= 0.3 is 0 Å². The van der Waals surface area contributed by atoms with Gasteiger partial charge in [0, 0.05) is 36.1 Å². The number of fused-ring (bicyclic) bond motifs is 1. The molecule has 180 valence electrons. The average Bonchev–Trinajstić information content (AvgIpc) is 3.12. The van der Waals surface area contributed by atoms with Crippen molar-refractivity contribution in [3.8, 4) is 0 Å². The third kappa shape index (κ3) is 5.45. The standard InChI is InChI=1S/C24H29N5O3S2/c1-4-11-27-34(31,32)14-18-5-7-20(8-6-18)28-23(30)19-9-12-29(13-10-19)22-21-16(2)17(3)33-24(21)26-15-25-22/h4-8,15,19,27H,1,9-14H2,2-3H3,(H,28,30). The van der Waals surface area contributed by atoms with Gasteiger partial charge in [-0.15, -0.1) is 17.9 Å². The molecule has 0 spiro atoms. The Morgan fingerprint density at radius 1 is 1.21 bits per heavy atom. The molecule has 4 rings (SSSR count). The van der Waals surface area contributed by atoms with Crippen LogP contribution in [-0.4, -0.2) is 43.9 Å². The van der Waals surface area contributed by atoms with Gasteiger partial charge in [-0.2, -0.15) is 0 Å². The number of rotatable bonds is 8. The highest BCUT2D eigenvalue weighted by Gasteiger charge is 2.27. The summed E-state index contributed by atoms with van der Waals surface area (Å²) in [6, 6.07) is 6.92. The highest BCUT2D eigenvalue weighted by Crippen LogP contribution is 2.35. The molecule has 0 unspecified atom stereocenters. The summed E-state index contributed by atoms with van der Waals surface area (Å²) >= 11 is 1.69. The number of hydrogen-bond donors (Lipinski definition) is 2. The van der Waals surface area contributed by atoms with E-state index in [1.807, 2.05) is 0 Å². The Morgan fingerprint density at radius 2 is 1.91 bits per heavy atom. The molecular formula is C24H29N5O3S2. The smallest absolute Gasteiger partial charge is 0.227 e. The number of carbonyl (C=O) groups is 1. The lowest BCUT2D eigenvalue weighted by atomic mass is 9.95. The largest absolute Gasteiger partial charge is 0.356 e. The van der Waals surface area contributed by atoms with E-state index in [2.05, 4.69) is 45.3 Å². The van der Waals surface area contributed by atoms with Gasteiger partial charge in [-0.05, 0) is 49.9 Å². The van der Waals surface area contributed by atoms with Crippen molar-refractivity contribution in [2.75, 3.05) is 29.9 Å². The van der Waals surface area contributed by atoms with E-state index in [1.54, 1.807) is 41.9 Å². The highest BCUT2D eigenvalue weighted by atomic mass is 32.2. The second-order valence-electron chi connectivity index (χ2n) is 8.50. The zero-order chi connectivity index (χ0) is 24.3. The molecule has 1 fully saturated rings. The van der Waals surface area contributed by atoms with E-state index < -0.39 is 10.0 Å². The van der Waals surface area contributed by atoms with Gasteiger partial charge in [0.15, 0.2) is 0 Å². The number of aryl methyl sites for hydroxylation is 2. The Labute approximate surface area is 204 Å². The zero-order valence-electron chi connectivity index (χ0n) is 19.4. The topological polar surface area (TPSA) is 104 Å². The number of carbonyl (C=O) groups excluding carboxylic acids is 1. The van der Waals surface area contributed by atoms with Gasteiger partial charge in [0.05, 0.1) is 11.1 Å². The average molecular weight is 500 g/mol. The lowest BCUT2D eigenvalue weighted by Crippen LogP contribution is -2.38. The van der Waals surface area contributed by atoms with Gasteiger partial charge in [0.2, 0.25) is 15.9 Å². The molecule has 0 atom stereocenters. The SMILES string of the molecule is C=CCNS(=O)(=O)Cc1ccc(NC(=O)C2CCN(c3ncnc4sc(C)c(C)c34)CC2)cc1. The van der Waals surface area contributed by atoms with Crippen LogP contribution >= 0.6 is 11.3 Å². The second kappa shape index (κ2) is 10.2. The molecule has 0 radical (unpaired) electrons. The minimum atomic E-state index is -3.41. The number of hydrogen-bond acceptors (Lipinski definition) is 7. The first kappa shape index (κ1) is 24.3. The van der Waals surface area contributed by atoms with Gasteiger partial charge in [0.25, 0.3) is 0 Å². The minimum Gasteiger partial charge on any atom is -0.356 e. The number of anilines is 2. The van der Waals surface area contributed by atoms with Crippen LogP contribution in [0.3, 0.4) is 0 Å². The number of piperidine rings is 1. The third-order valence-corrected chi connectivity index (χ3v) is 8.57. The normalized spacial score (nSPS) is 14.9. The van der Waals surface area contributed by atoms with E-state index in [1.165, 1.54) is 16.5 Å². The first-order valence-corrected chi connectivity index (χ1v) is 13.7. The van der Waals surface area contributed by atoms with Crippen LogP contribution in [0.2, 0.25) is 0 Å². The molecule has 10 heteroatoms. The van der Waals surface area contributed by atoms with Crippen LogP contribution in [0.15, 0.2) is 43.2 Å². The second-order valence-corrected chi connectivity index (χ2v) is 11.5. The maximum atomic E-state index is 12.8. The van der Waals surface area contributed by atoms with E-state index >= 15 is 0 Å². The molecule has 1 amide bonds. The summed E-state index contributed by atoms with van der Waals surface area (Å²) in [5, 5.41) is 4.09. The number of nitrogens with one attached hydrogen (secondary N) is 2. The number of benzene rings is 1. The van der Waals surface area contributed by atoms with Crippen LogP contribution in [0.1, 0.15) is 28.8 Å². The zero-order valence-corrected chi connectivity index (χ0v) is 21.0.